The molecule has 0 saturated heterocycles. The third kappa shape index (κ3) is 5.96. The van der Waals surface area contributed by atoms with Crippen molar-refractivity contribution in [3.8, 4) is 5.69 Å². The minimum absolute atomic E-state index is 0.0470. The molecule has 0 saturated carbocycles. The normalized spacial score (nSPS) is 11.4. The Morgan fingerprint density at radius 1 is 0.941 bits per heavy atom. The number of thioether (sulfide) groups is 1. The lowest BCUT2D eigenvalue weighted by Crippen LogP contribution is -2.25. The van der Waals surface area contributed by atoms with Crippen molar-refractivity contribution in [1.82, 2.24) is 20.1 Å². The maximum atomic E-state index is 12.8. The lowest BCUT2D eigenvalue weighted by atomic mass is 9.87. The number of amides is 1. The molecule has 5 nitrogen and oxygen atoms in total. The number of para-hydroxylation sites is 1. The average molecular weight is 536 g/mol. The Bertz CT molecular complexity index is 1250. The third-order valence-electron chi connectivity index (χ3n) is 5.42. The standard InChI is InChI=1S/C27H27BrN4OS/c1-27(2,3)21-13-11-20(12-14-21)25(33)29-17-24-30-31-26(32(24)23-7-5-4-6-8-23)34-18-19-9-15-22(28)16-10-19/h4-16H,17-18H2,1-3H3,(H,29,33). The van der Waals surface area contributed by atoms with E-state index in [4.69, 9.17) is 0 Å². The number of aromatic nitrogens is 3. The second-order valence-electron chi connectivity index (χ2n) is 8.99. The van der Waals surface area contributed by atoms with Crippen molar-refractivity contribution in [3.63, 3.8) is 0 Å². The smallest absolute Gasteiger partial charge is 0.251 e. The Labute approximate surface area is 213 Å². The van der Waals surface area contributed by atoms with Crippen LogP contribution in [0.15, 0.2) is 88.5 Å². The Morgan fingerprint density at radius 2 is 1.62 bits per heavy atom. The van der Waals surface area contributed by atoms with Crippen molar-refractivity contribution in [1.29, 1.82) is 0 Å². The van der Waals surface area contributed by atoms with E-state index in [1.54, 1.807) is 11.8 Å². The molecule has 0 aliphatic heterocycles. The SMILES string of the molecule is CC(C)(C)c1ccc(C(=O)NCc2nnc(SCc3ccc(Br)cc3)n2-c2ccccc2)cc1. The zero-order valence-electron chi connectivity index (χ0n) is 19.5. The summed E-state index contributed by atoms with van der Waals surface area (Å²) in [7, 11) is 0. The summed E-state index contributed by atoms with van der Waals surface area (Å²) in [5.41, 5.74) is 4.03. The first-order chi connectivity index (χ1) is 16.3. The van der Waals surface area contributed by atoms with E-state index in [1.807, 2.05) is 71.3 Å². The first kappa shape index (κ1) is 24.2. The molecular weight excluding hydrogens is 508 g/mol. The Kier molecular flexibility index (Phi) is 7.54. The summed E-state index contributed by atoms with van der Waals surface area (Å²) in [5.74, 6) is 1.32. The first-order valence-electron chi connectivity index (χ1n) is 11.1. The molecule has 7 heteroatoms. The van der Waals surface area contributed by atoms with Gasteiger partial charge in [-0.05, 0) is 52.9 Å². The van der Waals surface area contributed by atoms with E-state index in [0.717, 1.165) is 21.1 Å². The van der Waals surface area contributed by atoms with Crippen LogP contribution in [0.5, 0.6) is 0 Å². The fourth-order valence-electron chi connectivity index (χ4n) is 3.46. The number of nitrogens with zero attached hydrogens (tertiary/aromatic N) is 3. The van der Waals surface area contributed by atoms with Gasteiger partial charge in [0, 0.05) is 21.5 Å². The van der Waals surface area contributed by atoms with Crippen LogP contribution in [0.1, 0.15) is 48.1 Å². The summed E-state index contributed by atoms with van der Waals surface area (Å²) in [6, 6.07) is 26.0. The van der Waals surface area contributed by atoms with Crippen LogP contribution in [0, 0.1) is 0 Å². The number of benzene rings is 3. The number of nitrogens with one attached hydrogen (secondary N) is 1. The number of halogens is 1. The van der Waals surface area contributed by atoms with E-state index in [2.05, 4.69) is 64.3 Å². The predicted octanol–water partition coefficient (Wildman–Crippen LogP) is 6.55. The van der Waals surface area contributed by atoms with Crippen molar-refractivity contribution >= 4 is 33.6 Å². The number of carbonyl (C=O) groups is 1. The highest BCUT2D eigenvalue weighted by Crippen LogP contribution is 2.26. The van der Waals surface area contributed by atoms with E-state index < -0.39 is 0 Å². The molecule has 0 unspecified atom stereocenters. The van der Waals surface area contributed by atoms with Crippen molar-refractivity contribution in [3.05, 3.63) is 106 Å². The van der Waals surface area contributed by atoms with Crippen molar-refractivity contribution in [2.75, 3.05) is 0 Å². The lowest BCUT2D eigenvalue weighted by Gasteiger charge is -2.19. The molecule has 3 aromatic carbocycles. The zero-order valence-corrected chi connectivity index (χ0v) is 21.9. The summed E-state index contributed by atoms with van der Waals surface area (Å²) >= 11 is 5.09. The molecule has 1 amide bonds. The molecule has 0 atom stereocenters. The van der Waals surface area contributed by atoms with E-state index in [-0.39, 0.29) is 17.9 Å². The number of carbonyl (C=O) groups excluding carboxylic acids is 1. The van der Waals surface area contributed by atoms with Gasteiger partial charge in [-0.1, -0.05) is 90.9 Å². The van der Waals surface area contributed by atoms with Gasteiger partial charge in [-0.15, -0.1) is 10.2 Å². The van der Waals surface area contributed by atoms with Gasteiger partial charge in [0.25, 0.3) is 5.91 Å². The van der Waals surface area contributed by atoms with Gasteiger partial charge in [0.15, 0.2) is 11.0 Å². The fraction of sp³-hybridized carbons (Fsp3) is 0.222. The second kappa shape index (κ2) is 10.6. The van der Waals surface area contributed by atoms with Crippen LogP contribution >= 0.6 is 27.7 Å². The van der Waals surface area contributed by atoms with E-state index >= 15 is 0 Å². The minimum atomic E-state index is -0.132. The lowest BCUT2D eigenvalue weighted by molar-refractivity contribution is 0.0949. The maximum Gasteiger partial charge on any atom is 0.251 e. The Balaban J connectivity index is 1.51. The third-order valence-corrected chi connectivity index (χ3v) is 6.94. The van der Waals surface area contributed by atoms with Crippen LogP contribution in [0.2, 0.25) is 0 Å². The molecule has 4 rings (SSSR count). The monoisotopic (exact) mass is 534 g/mol. The molecule has 0 aliphatic carbocycles. The van der Waals surface area contributed by atoms with Crippen LogP contribution in [0.3, 0.4) is 0 Å². The quantitative estimate of drug-likeness (QED) is 0.273. The zero-order chi connectivity index (χ0) is 24.1. The maximum absolute atomic E-state index is 12.8. The molecule has 1 N–H and O–H groups in total. The van der Waals surface area contributed by atoms with Gasteiger partial charge in [0.2, 0.25) is 0 Å². The van der Waals surface area contributed by atoms with Gasteiger partial charge in [0.1, 0.15) is 0 Å². The number of rotatable bonds is 7. The van der Waals surface area contributed by atoms with E-state index in [9.17, 15) is 4.79 Å². The van der Waals surface area contributed by atoms with Crippen LogP contribution < -0.4 is 5.32 Å². The molecule has 1 aromatic heterocycles. The summed E-state index contributed by atoms with van der Waals surface area (Å²) in [6.07, 6.45) is 0. The molecule has 34 heavy (non-hydrogen) atoms. The van der Waals surface area contributed by atoms with Crippen molar-refractivity contribution in [2.24, 2.45) is 0 Å². The molecule has 0 aliphatic rings. The summed E-state index contributed by atoms with van der Waals surface area (Å²) in [6.45, 7) is 6.75. The molecule has 0 bridgehead atoms. The van der Waals surface area contributed by atoms with Crippen LogP contribution in [-0.2, 0) is 17.7 Å². The largest absolute Gasteiger partial charge is 0.345 e. The van der Waals surface area contributed by atoms with Crippen molar-refractivity contribution in [2.45, 2.75) is 43.6 Å². The highest BCUT2D eigenvalue weighted by atomic mass is 79.9. The first-order valence-corrected chi connectivity index (χ1v) is 12.8. The van der Waals surface area contributed by atoms with Gasteiger partial charge >= 0.3 is 0 Å². The molecule has 174 valence electrons. The van der Waals surface area contributed by atoms with E-state index in [1.165, 1.54) is 11.1 Å². The average Bonchev–Trinajstić information content (AvgIpc) is 3.25. The highest BCUT2D eigenvalue weighted by molar-refractivity contribution is 9.10. The van der Waals surface area contributed by atoms with Gasteiger partial charge in [0.05, 0.1) is 6.54 Å². The van der Waals surface area contributed by atoms with Crippen LogP contribution in [0.25, 0.3) is 5.69 Å². The molecule has 0 spiro atoms. The van der Waals surface area contributed by atoms with Crippen molar-refractivity contribution < 1.29 is 4.79 Å². The predicted molar refractivity (Wildman–Crippen MR) is 141 cm³/mol. The molecule has 4 aromatic rings. The van der Waals surface area contributed by atoms with Gasteiger partial charge in [-0.3, -0.25) is 9.36 Å². The number of hydrogen-bond donors (Lipinski definition) is 1. The topological polar surface area (TPSA) is 59.8 Å². The summed E-state index contributed by atoms with van der Waals surface area (Å²) in [5, 5.41) is 12.6. The molecule has 0 radical (unpaired) electrons. The van der Waals surface area contributed by atoms with Gasteiger partial charge < -0.3 is 5.32 Å². The summed E-state index contributed by atoms with van der Waals surface area (Å²) < 4.78 is 3.06. The molecule has 1 heterocycles. The Morgan fingerprint density at radius 3 is 2.26 bits per heavy atom. The minimum Gasteiger partial charge on any atom is -0.345 e. The fourth-order valence-corrected chi connectivity index (χ4v) is 4.65. The van der Waals surface area contributed by atoms with Crippen LogP contribution in [0.4, 0.5) is 0 Å². The summed E-state index contributed by atoms with van der Waals surface area (Å²) in [4.78, 5) is 12.8. The van der Waals surface area contributed by atoms with E-state index in [0.29, 0.717) is 11.4 Å². The Hall–Kier alpha value is -2.90. The van der Waals surface area contributed by atoms with Gasteiger partial charge in [-0.25, -0.2) is 0 Å². The second-order valence-corrected chi connectivity index (χ2v) is 10.9. The highest BCUT2D eigenvalue weighted by Gasteiger charge is 2.17. The molecular formula is C27H27BrN4OS. The van der Waals surface area contributed by atoms with Crippen LogP contribution in [-0.4, -0.2) is 20.7 Å². The number of hydrogen-bond acceptors (Lipinski definition) is 4. The van der Waals surface area contributed by atoms with Gasteiger partial charge in [-0.2, -0.15) is 0 Å². The molecule has 0 fully saturated rings.